The van der Waals surface area contributed by atoms with Crippen LogP contribution < -0.4 is 10.2 Å². The van der Waals surface area contributed by atoms with Crippen molar-refractivity contribution in [3.05, 3.63) is 35.5 Å². The van der Waals surface area contributed by atoms with E-state index in [2.05, 4.69) is 10.5 Å². The maximum Gasteiger partial charge on any atom is 0.262 e. The molecule has 7 heteroatoms. The van der Waals surface area contributed by atoms with Crippen molar-refractivity contribution in [2.24, 2.45) is 0 Å². The van der Waals surface area contributed by atoms with E-state index in [0.717, 1.165) is 31.5 Å². The molecule has 5 nitrogen and oxygen atoms in total. The number of hydrogen-bond acceptors (Lipinski definition) is 5. The van der Waals surface area contributed by atoms with Crippen LogP contribution in [0, 0.1) is 5.21 Å². The molecule has 1 N–H and O–H groups in total. The van der Waals surface area contributed by atoms with Crippen molar-refractivity contribution in [1.82, 2.24) is 10.5 Å². The maximum absolute atomic E-state index is 11.7. The number of aromatic nitrogens is 2. The normalized spacial score (nSPS) is 15.8. The number of benzene rings is 1. The monoisotopic (exact) mass is 313 g/mol. The molecule has 1 aromatic carbocycles. The first-order chi connectivity index (χ1) is 9.34. The van der Waals surface area contributed by atoms with E-state index in [4.69, 9.17) is 4.63 Å². The summed E-state index contributed by atoms with van der Waals surface area (Å²) >= 11 is 1.57. The third-order valence-corrected chi connectivity index (χ3v) is 4.56. The Morgan fingerprint density at radius 1 is 1.25 bits per heavy atom. The molecule has 0 spiro atoms. The minimum Gasteiger partial charge on any atom is -0.359 e. The van der Waals surface area contributed by atoms with Gasteiger partial charge in [0.25, 0.3) is 10.7 Å². The molecule has 1 aromatic heterocycles. The van der Waals surface area contributed by atoms with E-state index in [1.54, 1.807) is 11.8 Å². The van der Waals surface area contributed by atoms with Gasteiger partial charge in [-0.05, 0) is 30.8 Å². The maximum atomic E-state index is 11.7. The summed E-state index contributed by atoms with van der Waals surface area (Å²) in [5.41, 5.74) is 1.55. The molecule has 2 heterocycles. The van der Waals surface area contributed by atoms with Crippen LogP contribution in [-0.2, 0) is 0 Å². The van der Waals surface area contributed by atoms with Crippen molar-refractivity contribution in [3.63, 3.8) is 0 Å². The van der Waals surface area contributed by atoms with Crippen LogP contribution in [0.15, 0.2) is 40.0 Å². The molecule has 2 aromatic rings. The second-order valence-electron chi connectivity index (χ2n) is 4.52. The fourth-order valence-electron chi connectivity index (χ4n) is 2.18. The highest BCUT2D eigenvalue weighted by Crippen LogP contribution is 2.32. The van der Waals surface area contributed by atoms with Crippen molar-refractivity contribution in [3.8, 4) is 11.3 Å². The van der Waals surface area contributed by atoms with Crippen LogP contribution in [0.1, 0.15) is 12.8 Å². The fourth-order valence-corrected chi connectivity index (χ4v) is 3.36. The Balaban J connectivity index is 0.00000147. The van der Waals surface area contributed by atoms with E-state index in [9.17, 15) is 5.21 Å². The summed E-state index contributed by atoms with van der Waals surface area (Å²) in [6.45, 7) is 2.00. The molecule has 0 bridgehead atoms. The summed E-state index contributed by atoms with van der Waals surface area (Å²) < 4.78 is 4.77. The highest BCUT2D eigenvalue weighted by molar-refractivity contribution is 7.99. The van der Waals surface area contributed by atoms with Crippen molar-refractivity contribution in [2.45, 2.75) is 23.1 Å². The number of hydrogen-bond donors (Lipinski definition) is 1. The molecule has 0 radical (unpaired) electrons. The zero-order valence-electron chi connectivity index (χ0n) is 10.8. The molecule has 0 atom stereocenters. The molecular formula is C13H16ClN3O2S. The molecule has 0 aliphatic carbocycles. The first-order valence-corrected chi connectivity index (χ1v) is 7.25. The van der Waals surface area contributed by atoms with Crippen molar-refractivity contribution in [2.75, 3.05) is 13.1 Å². The van der Waals surface area contributed by atoms with E-state index < -0.39 is 0 Å². The molecule has 0 unspecified atom stereocenters. The van der Waals surface area contributed by atoms with Gasteiger partial charge >= 0.3 is 0 Å². The average Bonchev–Trinajstić information content (AvgIpc) is 2.82. The molecule has 108 valence electrons. The lowest BCUT2D eigenvalue weighted by molar-refractivity contribution is -0.831. The Hall–Kier alpha value is -1.24. The van der Waals surface area contributed by atoms with Crippen LogP contribution >= 0.6 is 24.2 Å². The van der Waals surface area contributed by atoms with E-state index >= 15 is 0 Å². The lowest BCUT2D eigenvalue weighted by atomic mass is 10.2. The predicted molar refractivity (Wildman–Crippen MR) is 79.9 cm³/mol. The van der Waals surface area contributed by atoms with Crippen LogP contribution in [0.3, 0.4) is 0 Å². The Kier molecular flexibility index (Phi) is 5.28. The van der Waals surface area contributed by atoms with Crippen LogP contribution in [0.5, 0.6) is 0 Å². The summed E-state index contributed by atoms with van der Waals surface area (Å²) in [4.78, 5) is 0.523. The number of piperidine rings is 1. The lowest BCUT2D eigenvalue weighted by Gasteiger charge is -2.20. The molecule has 1 saturated heterocycles. The van der Waals surface area contributed by atoms with E-state index in [1.807, 2.05) is 30.3 Å². The summed E-state index contributed by atoms with van der Waals surface area (Å²) in [7, 11) is 0. The number of halogens is 1. The Labute approximate surface area is 127 Å². The van der Waals surface area contributed by atoms with Gasteiger partial charge in [0.2, 0.25) is 0 Å². The third kappa shape index (κ3) is 3.26. The van der Waals surface area contributed by atoms with E-state index in [0.29, 0.717) is 20.9 Å². The SMILES string of the molecule is Cl.[O-][n+]1onc(-c2ccccc2)c1SC1CCNCC1. The van der Waals surface area contributed by atoms with Crippen LogP contribution in [0.4, 0.5) is 0 Å². The molecule has 1 fully saturated rings. The largest absolute Gasteiger partial charge is 0.359 e. The predicted octanol–water partition coefficient (Wildman–Crippen LogP) is 2.24. The van der Waals surface area contributed by atoms with E-state index in [-0.39, 0.29) is 12.4 Å². The summed E-state index contributed by atoms with van der Waals surface area (Å²) in [6.07, 6.45) is 2.12. The highest BCUT2D eigenvalue weighted by atomic mass is 35.5. The molecule has 3 rings (SSSR count). The molecule has 0 saturated carbocycles. The second-order valence-corrected chi connectivity index (χ2v) is 5.81. The Morgan fingerprint density at radius 3 is 2.65 bits per heavy atom. The number of thioether (sulfide) groups is 1. The van der Waals surface area contributed by atoms with Gasteiger partial charge in [-0.1, -0.05) is 42.1 Å². The van der Waals surface area contributed by atoms with Gasteiger partial charge in [-0.25, -0.2) is 0 Å². The average molecular weight is 314 g/mol. The lowest BCUT2D eigenvalue weighted by Crippen LogP contribution is -2.31. The third-order valence-electron chi connectivity index (χ3n) is 3.19. The van der Waals surface area contributed by atoms with Gasteiger partial charge in [0, 0.05) is 16.0 Å². The van der Waals surface area contributed by atoms with Crippen molar-refractivity contribution >= 4 is 24.2 Å². The molecular weight excluding hydrogens is 298 g/mol. The first-order valence-electron chi connectivity index (χ1n) is 6.37. The molecule has 20 heavy (non-hydrogen) atoms. The number of rotatable bonds is 3. The molecule has 1 aliphatic rings. The van der Waals surface area contributed by atoms with Crippen LogP contribution in [-0.4, -0.2) is 23.5 Å². The summed E-state index contributed by atoms with van der Waals surface area (Å²) in [6, 6.07) is 9.67. The van der Waals surface area contributed by atoms with Crippen molar-refractivity contribution in [1.29, 1.82) is 0 Å². The van der Waals surface area contributed by atoms with Gasteiger partial charge in [-0.15, -0.1) is 12.4 Å². The highest BCUT2D eigenvalue weighted by Gasteiger charge is 2.26. The minimum atomic E-state index is 0. The zero-order chi connectivity index (χ0) is 13.1. The number of nitrogens with one attached hydrogen (secondary N) is 1. The quantitative estimate of drug-likeness (QED) is 0.880. The van der Waals surface area contributed by atoms with Gasteiger partial charge in [0.1, 0.15) is 0 Å². The van der Waals surface area contributed by atoms with Gasteiger partial charge in [0.05, 0.1) is 0 Å². The zero-order valence-corrected chi connectivity index (χ0v) is 12.5. The van der Waals surface area contributed by atoms with Crippen molar-refractivity contribution < 1.29 is 9.53 Å². The van der Waals surface area contributed by atoms with E-state index in [1.165, 1.54) is 0 Å². The second kappa shape index (κ2) is 6.97. The summed E-state index contributed by atoms with van der Waals surface area (Å²) in [5, 5.41) is 20.0. The minimum absolute atomic E-state index is 0. The van der Waals surface area contributed by atoms with Gasteiger partial charge in [-0.2, -0.15) is 0 Å². The van der Waals surface area contributed by atoms with Crippen LogP contribution in [0.25, 0.3) is 11.3 Å². The fraction of sp³-hybridized carbons (Fsp3) is 0.385. The topological polar surface area (TPSA) is 65.0 Å². The molecule has 0 amide bonds. The van der Waals surface area contributed by atoms with Gasteiger partial charge < -0.3 is 10.5 Å². The molecule has 1 aliphatic heterocycles. The smallest absolute Gasteiger partial charge is 0.262 e. The first kappa shape index (κ1) is 15.2. The Bertz CT molecular complexity index is 544. The Morgan fingerprint density at radius 2 is 1.95 bits per heavy atom. The van der Waals surface area contributed by atoms with Gasteiger partial charge in [0.15, 0.2) is 0 Å². The standard InChI is InChI=1S/C13H15N3O2S.ClH/c17-16-13(19-11-6-8-14-9-7-11)12(15-18-16)10-4-2-1-3-5-10;/h1-5,11,14H,6-9H2;1H. The number of nitrogens with zero attached hydrogens (tertiary/aromatic N) is 2. The van der Waals surface area contributed by atoms with Gasteiger partial charge in [-0.3, -0.25) is 4.63 Å². The summed E-state index contributed by atoms with van der Waals surface area (Å²) in [5.74, 6) is 0. The van der Waals surface area contributed by atoms with Crippen LogP contribution in [0.2, 0.25) is 0 Å².